The molecule has 0 aliphatic carbocycles. The van der Waals surface area contributed by atoms with Crippen LogP contribution in [-0.4, -0.2) is 18.0 Å². The molecular formula is C12H18ClNO. The zero-order chi connectivity index (χ0) is 11.3. The highest BCUT2D eigenvalue weighted by Gasteiger charge is 2.08. The molecule has 1 aromatic heterocycles. The summed E-state index contributed by atoms with van der Waals surface area (Å²) in [5.41, 5.74) is 3.38. The Balaban J connectivity index is 2.80. The third-order valence-corrected chi connectivity index (χ3v) is 2.81. The molecule has 0 fully saturated rings. The van der Waals surface area contributed by atoms with E-state index in [1.54, 1.807) is 7.11 Å². The molecule has 1 aromatic rings. The van der Waals surface area contributed by atoms with Crippen LogP contribution in [0.15, 0.2) is 6.20 Å². The maximum absolute atomic E-state index is 5.65. The number of aryl methyl sites for hydroxylation is 2. The first-order valence-electron chi connectivity index (χ1n) is 5.25. The third-order valence-electron chi connectivity index (χ3n) is 2.55. The lowest BCUT2D eigenvalue weighted by atomic mass is 10.1. The molecule has 3 heteroatoms. The van der Waals surface area contributed by atoms with E-state index >= 15 is 0 Å². The van der Waals surface area contributed by atoms with Crippen molar-refractivity contribution in [3.63, 3.8) is 0 Å². The minimum Gasteiger partial charge on any atom is -0.496 e. The van der Waals surface area contributed by atoms with Crippen LogP contribution in [0.4, 0.5) is 0 Å². The van der Waals surface area contributed by atoms with Crippen LogP contribution in [0.5, 0.6) is 5.75 Å². The van der Waals surface area contributed by atoms with Crippen molar-refractivity contribution in [2.75, 3.05) is 13.0 Å². The number of methoxy groups -OCH3 is 1. The van der Waals surface area contributed by atoms with E-state index in [2.05, 4.69) is 11.9 Å². The van der Waals surface area contributed by atoms with Crippen LogP contribution in [0.1, 0.15) is 29.7 Å². The van der Waals surface area contributed by atoms with E-state index in [9.17, 15) is 0 Å². The molecule has 2 nitrogen and oxygen atoms in total. The van der Waals surface area contributed by atoms with E-state index in [0.717, 1.165) is 47.7 Å². The highest BCUT2D eigenvalue weighted by molar-refractivity contribution is 6.17. The van der Waals surface area contributed by atoms with Gasteiger partial charge in [0.1, 0.15) is 5.75 Å². The van der Waals surface area contributed by atoms with Gasteiger partial charge in [-0.15, -0.1) is 11.6 Å². The molecule has 0 saturated heterocycles. The molecular weight excluding hydrogens is 210 g/mol. The number of hydrogen-bond acceptors (Lipinski definition) is 2. The van der Waals surface area contributed by atoms with E-state index in [4.69, 9.17) is 16.3 Å². The predicted molar refractivity (Wildman–Crippen MR) is 63.9 cm³/mol. The lowest BCUT2D eigenvalue weighted by Gasteiger charge is -2.11. The van der Waals surface area contributed by atoms with E-state index in [0.29, 0.717) is 0 Å². The Bertz CT molecular complexity index is 326. The second-order valence-corrected chi connectivity index (χ2v) is 4.07. The van der Waals surface area contributed by atoms with Gasteiger partial charge in [-0.2, -0.15) is 0 Å². The lowest BCUT2D eigenvalue weighted by molar-refractivity contribution is 0.406. The van der Waals surface area contributed by atoms with Gasteiger partial charge in [-0.1, -0.05) is 0 Å². The summed E-state index contributed by atoms with van der Waals surface area (Å²) in [6.45, 7) is 4.08. The summed E-state index contributed by atoms with van der Waals surface area (Å²) in [6, 6.07) is 0. The summed E-state index contributed by atoms with van der Waals surface area (Å²) in [7, 11) is 1.71. The number of pyridine rings is 1. The van der Waals surface area contributed by atoms with Gasteiger partial charge in [0.05, 0.1) is 7.11 Å². The van der Waals surface area contributed by atoms with Gasteiger partial charge in [0.25, 0.3) is 0 Å². The fraction of sp³-hybridized carbons (Fsp3) is 0.583. The summed E-state index contributed by atoms with van der Waals surface area (Å²) < 4.78 is 5.36. The van der Waals surface area contributed by atoms with Gasteiger partial charge < -0.3 is 4.74 Å². The molecule has 0 bridgehead atoms. The normalized spacial score (nSPS) is 10.4. The summed E-state index contributed by atoms with van der Waals surface area (Å²) in [6.07, 6.45) is 4.99. The van der Waals surface area contributed by atoms with Crippen LogP contribution >= 0.6 is 11.6 Å². The Kier molecular flexibility index (Phi) is 4.89. The second kappa shape index (κ2) is 5.96. The highest BCUT2D eigenvalue weighted by atomic mass is 35.5. The number of alkyl halides is 1. The van der Waals surface area contributed by atoms with Crippen molar-refractivity contribution in [1.29, 1.82) is 0 Å². The van der Waals surface area contributed by atoms with Gasteiger partial charge in [-0.25, -0.2) is 0 Å². The van der Waals surface area contributed by atoms with Crippen molar-refractivity contribution in [2.24, 2.45) is 0 Å². The topological polar surface area (TPSA) is 22.1 Å². The summed E-state index contributed by atoms with van der Waals surface area (Å²) in [5, 5.41) is 0. The molecule has 1 heterocycles. The zero-order valence-electron chi connectivity index (χ0n) is 9.64. The molecule has 0 spiro atoms. The van der Waals surface area contributed by atoms with Crippen molar-refractivity contribution in [3.8, 4) is 5.75 Å². The average molecular weight is 228 g/mol. The van der Waals surface area contributed by atoms with E-state index in [1.807, 2.05) is 13.1 Å². The fourth-order valence-corrected chi connectivity index (χ4v) is 1.90. The van der Waals surface area contributed by atoms with Crippen molar-refractivity contribution >= 4 is 11.6 Å². The summed E-state index contributed by atoms with van der Waals surface area (Å²) in [5.74, 6) is 1.69. The van der Waals surface area contributed by atoms with Gasteiger partial charge in [0, 0.05) is 28.9 Å². The highest BCUT2D eigenvalue weighted by Crippen LogP contribution is 2.24. The molecule has 84 valence electrons. The molecule has 0 saturated carbocycles. The largest absolute Gasteiger partial charge is 0.496 e. The molecule has 0 unspecified atom stereocenters. The van der Waals surface area contributed by atoms with Gasteiger partial charge in [0.15, 0.2) is 0 Å². The van der Waals surface area contributed by atoms with Crippen molar-refractivity contribution < 1.29 is 4.74 Å². The number of rotatable bonds is 5. The zero-order valence-corrected chi connectivity index (χ0v) is 10.4. The van der Waals surface area contributed by atoms with Gasteiger partial charge >= 0.3 is 0 Å². The van der Waals surface area contributed by atoms with Crippen LogP contribution in [0.3, 0.4) is 0 Å². The first-order valence-corrected chi connectivity index (χ1v) is 5.79. The molecule has 0 radical (unpaired) electrons. The molecule has 0 aromatic carbocycles. The number of hydrogen-bond donors (Lipinski definition) is 0. The molecule has 0 amide bonds. The third kappa shape index (κ3) is 3.10. The second-order valence-electron chi connectivity index (χ2n) is 3.69. The Morgan fingerprint density at radius 1 is 1.33 bits per heavy atom. The first kappa shape index (κ1) is 12.3. The quantitative estimate of drug-likeness (QED) is 0.569. The molecule has 15 heavy (non-hydrogen) atoms. The summed E-state index contributed by atoms with van der Waals surface area (Å²) in [4.78, 5) is 4.44. The number of ether oxygens (including phenoxy) is 1. The Hall–Kier alpha value is -0.760. The smallest absolute Gasteiger partial charge is 0.128 e. The van der Waals surface area contributed by atoms with Crippen LogP contribution in [-0.2, 0) is 6.42 Å². The van der Waals surface area contributed by atoms with Crippen molar-refractivity contribution in [2.45, 2.75) is 33.1 Å². The van der Waals surface area contributed by atoms with Gasteiger partial charge in [-0.3, -0.25) is 4.98 Å². The standard InChI is InChI=1S/C12H18ClNO/c1-9-8-14-11(6-4-5-7-13)10(2)12(9)15-3/h8H,4-7H2,1-3H3. The van der Waals surface area contributed by atoms with E-state index in [1.165, 1.54) is 0 Å². The minimum atomic E-state index is 0.724. The number of unbranched alkanes of at least 4 members (excludes halogenated alkanes) is 1. The van der Waals surface area contributed by atoms with Crippen LogP contribution in [0.2, 0.25) is 0 Å². The molecule has 0 N–H and O–H groups in total. The molecule has 0 aliphatic heterocycles. The maximum atomic E-state index is 5.65. The fourth-order valence-electron chi connectivity index (χ4n) is 1.71. The number of nitrogens with zero attached hydrogens (tertiary/aromatic N) is 1. The monoisotopic (exact) mass is 227 g/mol. The van der Waals surface area contributed by atoms with Crippen molar-refractivity contribution in [1.82, 2.24) is 4.98 Å². The average Bonchev–Trinajstić information content (AvgIpc) is 2.22. The molecule has 1 rings (SSSR count). The lowest BCUT2D eigenvalue weighted by Crippen LogP contribution is -2.00. The van der Waals surface area contributed by atoms with Crippen LogP contribution < -0.4 is 4.74 Å². The Morgan fingerprint density at radius 3 is 2.67 bits per heavy atom. The maximum Gasteiger partial charge on any atom is 0.128 e. The Labute approximate surface area is 96.6 Å². The van der Waals surface area contributed by atoms with E-state index < -0.39 is 0 Å². The van der Waals surface area contributed by atoms with Gasteiger partial charge in [-0.05, 0) is 33.1 Å². The van der Waals surface area contributed by atoms with Crippen molar-refractivity contribution in [3.05, 3.63) is 23.0 Å². The summed E-state index contributed by atoms with van der Waals surface area (Å²) >= 11 is 5.65. The van der Waals surface area contributed by atoms with E-state index in [-0.39, 0.29) is 0 Å². The predicted octanol–water partition coefficient (Wildman–Crippen LogP) is 3.27. The SMILES string of the molecule is COc1c(C)cnc(CCCCCl)c1C. The molecule has 0 atom stereocenters. The van der Waals surface area contributed by atoms with Crippen LogP contribution in [0.25, 0.3) is 0 Å². The Morgan fingerprint density at radius 2 is 2.07 bits per heavy atom. The minimum absolute atomic E-state index is 0.724. The van der Waals surface area contributed by atoms with Crippen LogP contribution in [0, 0.1) is 13.8 Å². The van der Waals surface area contributed by atoms with Gasteiger partial charge in [0.2, 0.25) is 0 Å². The number of halogens is 1. The first-order chi connectivity index (χ1) is 7.20. The number of aromatic nitrogens is 1. The molecule has 0 aliphatic rings.